The quantitative estimate of drug-likeness (QED) is 0.852. The van der Waals surface area contributed by atoms with Gasteiger partial charge in [-0.1, -0.05) is 24.3 Å². The average Bonchev–Trinajstić information content (AvgIpc) is 3.10. The van der Waals surface area contributed by atoms with E-state index in [1.165, 1.54) is 24.8 Å². The molecule has 1 atom stereocenters. The third kappa shape index (κ3) is 3.56. The summed E-state index contributed by atoms with van der Waals surface area (Å²) in [6, 6.07) is 14.0. The first-order valence-corrected chi connectivity index (χ1v) is 9.89. The lowest BCUT2D eigenvalue weighted by Crippen LogP contribution is -2.51. The van der Waals surface area contributed by atoms with E-state index in [4.69, 9.17) is 0 Å². The van der Waals surface area contributed by atoms with E-state index in [1.54, 1.807) is 11.1 Å². The molecular formula is C22H28N4. The summed E-state index contributed by atoms with van der Waals surface area (Å²) in [5, 5.41) is 9.23. The number of rotatable bonds is 4. The Balaban J connectivity index is 1.32. The monoisotopic (exact) mass is 348 g/mol. The van der Waals surface area contributed by atoms with Crippen molar-refractivity contribution in [2.45, 2.75) is 45.3 Å². The van der Waals surface area contributed by atoms with Crippen LogP contribution in [0.3, 0.4) is 0 Å². The van der Waals surface area contributed by atoms with Crippen LogP contribution in [0.1, 0.15) is 35.7 Å². The van der Waals surface area contributed by atoms with Crippen molar-refractivity contribution < 1.29 is 0 Å². The number of nitriles is 1. The van der Waals surface area contributed by atoms with Crippen molar-refractivity contribution in [3.05, 3.63) is 58.9 Å². The standard InChI is InChI=1S/C22H28N4/c1-2-25-17-18(13-22(25)15-23)16-24-9-11-26(12-10-24)21-8-7-19-5-3-4-6-20(19)14-21/h3-6,13,17,21H,2,7-12,14,16H2,1H3. The largest absolute Gasteiger partial charge is 0.339 e. The Hall–Kier alpha value is -2.09. The molecule has 1 aliphatic carbocycles. The topological polar surface area (TPSA) is 35.2 Å². The maximum atomic E-state index is 9.23. The zero-order valence-corrected chi connectivity index (χ0v) is 15.7. The summed E-state index contributed by atoms with van der Waals surface area (Å²) < 4.78 is 2.05. The Morgan fingerprint density at radius 3 is 2.58 bits per heavy atom. The van der Waals surface area contributed by atoms with Gasteiger partial charge >= 0.3 is 0 Å². The van der Waals surface area contributed by atoms with Gasteiger partial charge in [0.2, 0.25) is 0 Å². The van der Waals surface area contributed by atoms with E-state index < -0.39 is 0 Å². The van der Waals surface area contributed by atoms with Crippen LogP contribution < -0.4 is 0 Å². The lowest BCUT2D eigenvalue weighted by Gasteiger charge is -2.41. The van der Waals surface area contributed by atoms with Gasteiger partial charge in [-0.2, -0.15) is 5.26 Å². The molecule has 1 fully saturated rings. The fourth-order valence-electron chi connectivity index (χ4n) is 4.55. The molecule has 0 spiro atoms. The number of aromatic nitrogens is 1. The molecule has 26 heavy (non-hydrogen) atoms. The van der Waals surface area contributed by atoms with Gasteiger partial charge in [-0.05, 0) is 48.9 Å². The van der Waals surface area contributed by atoms with Gasteiger partial charge in [-0.25, -0.2) is 0 Å². The van der Waals surface area contributed by atoms with Gasteiger partial charge in [-0.15, -0.1) is 0 Å². The second-order valence-electron chi connectivity index (χ2n) is 7.61. The van der Waals surface area contributed by atoms with Crippen LogP contribution in [0.4, 0.5) is 0 Å². The fourth-order valence-corrected chi connectivity index (χ4v) is 4.55. The summed E-state index contributed by atoms with van der Waals surface area (Å²) in [5.41, 5.74) is 5.15. The minimum absolute atomic E-state index is 0.707. The summed E-state index contributed by atoms with van der Waals surface area (Å²) in [5.74, 6) is 0. The first-order chi connectivity index (χ1) is 12.8. The second kappa shape index (κ2) is 7.65. The van der Waals surface area contributed by atoms with Crippen LogP contribution in [0.15, 0.2) is 36.5 Å². The first-order valence-electron chi connectivity index (χ1n) is 9.89. The van der Waals surface area contributed by atoms with Gasteiger partial charge in [0, 0.05) is 51.5 Å². The van der Waals surface area contributed by atoms with E-state index in [9.17, 15) is 5.26 Å². The second-order valence-corrected chi connectivity index (χ2v) is 7.61. The van der Waals surface area contributed by atoms with Crippen LogP contribution in [0, 0.1) is 11.3 Å². The van der Waals surface area contributed by atoms with Crippen molar-refractivity contribution in [2.24, 2.45) is 0 Å². The van der Waals surface area contributed by atoms with E-state index >= 15 is 0 Å². The van der Waals surface area contributed by atoms with Crippen LogP contribution in [0.5, 0.6) is 0 Å². The highest BCUT2D eigenvalue weighted by atomic mass is 15.3. The smallest absolute Gasteiger partial charge is 0.120 e. The molecule has 136 valence electrons. The molecule has 4 nitrogen and oxygen atoms in total. The zero-order chi connectivity index (χ0) is 17.9. The first kappa shape index (κ1) is 17.3. The number of aryl methyl sites for hydroxylation is 2. The molecule has 0 N–H and O–H groups in total. The molecule has 1 saturated heterocycles. The molecule has 2 heterocycles. The highest BCUT2D eigenvalue weighted by Gasteiger charge is 2.27. The predicted molar refractivity (Wildman–Crippen MR) is 104 cm³/mol. The van der Waals surface area contributed by atoms with Crippen molar-refractivity contribution in [3.63, 3.8) is 0 Å². The minimum Gasteiger partial charge on any atom is -0.339 e. The number of piperazine rings is 1. The maximum Gasteiger partial charge on any atom is 0.120 e. The fraction of sp³-hybridized carbons (Fsp3) is 0.500. The maximum absolute atomic E-state index is 9.23. The van der Waals surface area contributed by atoms with E-state index in [0.717, 1.165) is 45.0 Å². The molecule has 4 heteroatoms. The van der Waals surface area contributed by atoms with Crippen molar-refractivity contribution in [1.29, 1.82) is 5.26 Å². The molecule has 2 aliphatic rings. The molecule has 1 aromatic carbocycles. The molecule has 1 aromatic heterocycles. The minimum atomic E-state index is 0.707. The predicted octanol–water partition coefficient (Wildman–Crippen LogP) is 3.05. The lowest BCUT2D eigenvalue weighted by atomic mass is 9.87. The molecule has 0 bridgehead atoms. The number of hydrogen-bond donors (Lipinski definition) is 0. The zero-order valence-electron chi connectivity index (χ0n) is 15.7. The van der Waals surface area contributed by atoms with Crippen LogP contribution in [-0.2, 0) is 25.9 Å². The Labute approximate surface area is 156 Å². The van der Waals surface area contributed by atoms with Crippen molar-refractivity contribution in [3.8, 4) is 6.07 Å². The summed E-state index contributed by atoms with van der Waals surface area (Å²) in [6.07, 6.45) is 5.87. The number of fused-ring (bicyclic) bond motifs is 1. The summed E-state index contributed by atoms with van der Waals surface area (Å²) in [7, 11) is 0. The van der Waals surface area contributed by atoms with Crippen LogP contribution >= 0.6 is 0 Å². The molecule has 2 aromatic rings. The van der Waals surface area contributed by atoms with Crippen molar-refractivity contribution >= 4 is 0 Å². The van der Waals surface area contributed by atoms with E-state index in [1.807, 2.05) is 10.6 Å². The third-order valence-electron chi connectivity index (χ3n) is 6.06. The SMILES string of the molecule is CCn1cc(CN2CCN(C3CCc4ccccc4C3)CC2)cc1C#N. The van der Waals surface area contributed by atoms with E-state index in [2.05, 4.69) is 53.3 Å². The number of benzene rings is 1. The summed E-state index contributed by atoms with van der Waals surface area (Å²) >= 11 is 0. The van der Waals surface area contributed by atoms with Gasteiger partial charge in [0.15, 0.2) is 0 Å². The summed E-state index contributed by atoms with van der Waals surface area (Å²) in [6.45, 7) is 8.47. The van der Waals surface area contributed by atoms with Gasteiger partial charge < -0.3 is 4.57 Å². The highest BCUT2D eigenvalue weighted by molar-refractivity contribution is 5.30. The number of hydrogen-bond acceptors (Lipinski definition) is 3. The van der Waals surface area contributed by atoms with Crippen LogP contribution in [-0.4, -0.2) is 46.6 Å². The Kier molecular flexibility index (Phi) is 5.10. The third-order valence-corrected chi connectivity index (χ3v) is 6.06. The highest BCUT2D eigenvalue weighted by Crippen LogP contribution is 2.25. The number of nitrogens with zero attached hydrogens (tertiary/aromatic N) is 4. The molecule has 0 saturated carbocycles. The van der Waals surface area contributed by atoms with Gasteiger partial charge in [0.25, 0.3) is 0 Å². The van der Waals surface area contributed by atoms with Gasteiger partial charge in [0.05, 0.1) is 0 Å². The Morgan fingerprint density at radius 1 is 1.12 bits per heavy atom. The van der Waals surface area contributed by atoms with E-state index in [0.29, 0.717) is 6.04 Å². The molecule has 1 unspecified atom stereocenters. The molecular weight excluding hydrogens is 320 g/mol. The van der Waals surface area contributed by atoms with Crippen LogP contribution in [0.25, 0.3) is 0 Å². The lowest BCUT2D eigenvalue weighted by molar-refractivity contribution is 0.0856. The van der Waals surface area contributed by atoms with Gasteiger partial charge in [0.1, 0.15) is 11.8 Å². The van der Waals surface area contributed by atoms with Crippen LogP contribution in [0.2, 0.25) is 0 Å². The normalized spacial score (nSPS) is 21.3. The van der Waals surface area contributed by atoms with Crippen molar-refractivity contribution in [1.82, 2.24) is 14.4 Å². The Bertz CT molecular complexity index is 793. The Morgan fingerprint density at radius 2 is 1.88 bits per heavy atom. The summed E-state index contributed by atoms with van der Waals surface area (Å²) in [4.78, 5) is 5.23. The molecule has 1 aliphatic heterocycles. The molecule has 0 radical (unpaired) electrons. The molecule has 4 rings (SSSR count). The van der Waals surface area contributed by atoms with Gasteiger partial charge in [-0.3, -0.25) is 9.80 Å². The van der Waals surface area contributed by atoms with Crippen molar-refractivity contribution in [2.75, 3.05) is 26.2 Å². The average molecular weight is 348 g/mol. The molecule has 0 amide bonds. The van der Waals surface area contributed by atoms with E-state index in [-0.39, 0.29) is 0 Å².